The topological polar surface area (TPSA) is 41.0 Å². The maximum absolute atomic E-state index is 4.79. The second-order valence-corrected chi connectivity index (χ2v) is 6.31. The van der Waals surface area contributed by atoms with Gasteiger partial charge in [-0.1, -0.05) is 6.92 Å². The van der Waals surface area contributed by atoms with Crippen LogP contribution >= 0.6 is 11.8 Å². The molecule has 1 unspecified atom stereocenters. The molecule has 1 fully saturated rings. The first-order valence-electron chi connectivity index (χ1n) is 7.54. The van der Waals surface area contributed by atoms with Crippen molar-refractivity contribution < 1.29 is 0 Å². The van der Waals surface area contributed by atoms with Crippen molar-refractivity contribution in [2.75, 3.05) is 35.8 Å². The minimum atomic E-state index is 0.529. The van der Waals surface area contributed by atoms with Gasteiger partial charge in [-0.3, -0.25) is 0 Å². The Hall–Kier alpha value is -0.970. The zero-order valence-corrected chi connectivity index (χ0v) is 13.8. The molecular formula is C15H26N4S. The Bertz CT molecular complexity index is 434. The number of thioether (sulfide) groups is 1. The van der Waals surface area contributed by atoms with Gasteiger partial charge in [0.25, 0.3) is 0 Å². The SMILES string of the molecule is CCNc1cc(N(C)C(CC)CSC)nc(C2CC2)n1. The maximum atomic E-state index is 4.79. The van der Waals surface area contributed by atoms with Crippen molar-refractivity contribution in [2.24, 2.45) is 0 Å². The largest absolute Gasteiger partial charge is 0.370 e. The highest BCUT2D eigenvalue weighted by atomic mass is 32.2. The third-order valence-electron chi connectivity index (χ3n) is 3.77. The first-order valence-corrected chi connectivity index (χ1v) is 8.93. The number of nitrogens with zero attached hydrogens (tertiary/aromatic N) is 3. The number of hydrogen-bond acceptors (Lipinski definition) is 5. The van der Waals surface area contributed by atoms with Crippen LogP contribution in [0.5, 0.6) is 0 Å². The molecular weight excluding hydrogens is 268 g/mol. The average Bonchev–Trinajstić information content (AvgIpc) is 3.28. The van der Waals surface area contributed by atoms with E-state index >= 15 is 0 Å². The summed E-state index contributed by atoms with van der Waals surface area (Å²) in [6.07, 6.45) is 5.77. The lowest BCUT2D eigenvalue weighted by molar-refractivity contribution is 0.662. The quantitative estimate of drug-likeness (QED) is 0.796. The summed E-state index contributed by atoms with van der Waals surface area (Å²) in [5.41, 5.74) is 0. The van der Waals surface area contributed by atoms with E-state index in [4.69, 9.17) is 4.98 Å². The molecule has 5 heteroatoms. The van der Waals surface area contributed by atoms with Crippen molar-refractivity contribution in [1.29, 1.82) is 0 Å². The van der Waals surface area contributed by atoms with E-state index in [-0.39, 0.29) is 0 Å². The summed E-state index contributed by atoms with van der Waals surface area (Å²) in [7, 11) is 2.15. The molecule has 20 heavy (non-hydrogen) atoms. The van der Waals surface area contributed by atoms with Crippen LogP contribution in [0.1, 0.15) is 44.9 Å². The third kappa shape index (κ3) is 3.78. The Balaban J connectivity index is 2.23. The van der Waals surface area contributed by atoms with Gasteiger partial charge in [-0.2, -0.15) is 11.8 Å². The van der Waals surface area contributed by atoms with E-state index in [9.17, 15) is 0 Å². The van der Waals surface area contributed by atoms with Gasteiger partial charge in [0.1, 0.15) is 17.5 Å². The van der Waals surface area contributed by atoms with Crippen molar-refractivity contribution in [1.82, 2.24) is 9.97 Å². The molecule has 2 rings (SSSR count). The summed E-state index contributed by atoms with van der Waals surface area (Å²) in [5.74, 6) is 4.75. The van der Waals surface area contributed by atoms with Gasteiger partial charge in [0, 0.05) is 37.4 Å². The minimum Gasteiger partial charge on any atom is -0.370 e. The molecule has 1 heterocycles. The number of rotatable bonds is 8. The summed E-state index contributed by atoms with van der Waals surface area (Å²) in [5, 5.41) is 3.33. The van der Waals surface area contributed by atoms with Crippen LogP contribution in [0.3, 0.4) is 0 Å². The van der Waals surface area contributed by atoms with E-state index in [0.717, 1.165) is 36.2 Å². The molecule has 0 aliphatic heterocycles. The van der Waals surface area contributed by atoms with Gasteiger partial charge < -0.3 is 10.2 Å². The van der Waals surface area contributed by atoms with Gasteiger partial charge in [-0.25, -0.2) is 9.97 Å². The maximum Gasteiger partial charge on any atom is 0.136 e. The summed E-state index contributed by atoms with van der Waals surface area (Å²) >= 11 is 1.89. The lowest BCUT2D eigenvalue weighted by atomic mass is 10.2. The van der Waals surface area contributed by atoms with E-state index in [0.29, 0.717) is 12.0 Å². The molecule has 0 amide bonds. The highest BCUT2D eigenvalue weighted by Crippen LogP contribution is 2.39. The fraction of sp³-hybridized carbons (Fsp3) is 0.733. The second kappa shape index (κ2) is 7.16. The Labute approximate surface area is 126 Å². The number of aromatic nitrogens is 2. The van der Waals surface area contributed by atoms with Gasteiger partial charge >= 0.3 is 0 Å². The van der Waals surface area contributed by atoms with Crippen LogP contribution in [0.25, 0.3) is 0 Å². The molecule has 1 aromatic heterocycles. The Morgan fingerprint density at radius 2 is 2.15 bits per heavy atom. The molecule has 1 atom stereocenters. The summed E-state index contributed by atoms with van der Waals surface area (Å²) in [6, 6.07) is 2.61. The van der Waals surface area contributed by atoms with Gasteiger partial charge in [-0.05, 0) is 32.4 Å². The first kappa shape index (κ1) is 15.4. The van der Waals surface area contributed by atoms with Crippen LogP contribution in [0, 0.1) is 0 Å². The van der Waals surface area contributed by atoms with Crippen molar-refractivity contribution in [3.05, 3.63) is 11.9 Å². The first-order chi connectivity index (χ1) is 9.69. The van der Waals surface area contributed by atoms with Gasteiger partial charge in [-0.15, -0.1) is 0 Å². The van der Waals surface area contributed by atoms with Crippen molar-refractivity contribution >= 4 is 23.4 Å². The fourth-order valence-electron chi connectivity index (χ4n) is 2.31. The Morgan fingerprint density at radius 3 is 2.70 bits per heavy atom. The zero-order valence-electron chi connectivity index (χ0n) is 13.0. The van der Waals surface area contributed by atoms with Crippen LogP contribution < -0.4 is 10.2 Å². The van der Waals surface area contributed by atoms with E-state index < -0.39 is 0 Å². The van der Waals surface area contributed by atoms with Crippen molar-refractivity contribution in [3.63, 3.8) is 0 Å². The smallest absolute Gasteiger partial charge is 0.136 e. The molecule has 1 saturated carbocycles. The van der Waals surface area contributed by atoms with Crippen LogP contribution in [-0.4, -0.2) is 41.6 Å². The van der Waals surface area contributed by atoms with E-state index in [1.165, 1.54) is 12.8 Å². The monoisotopic (exact) mass is 294 g/mol. The molecule has 112 valence electrons. The number of nitrogens with one attached hydrogen (secondary N) is 1. The van der Waals surface area contributed by atoms with Crippen molar-refractivity contribution in [3.8, 4) is 0 Å². The third-order valence-corrected chi connectivity index (χ3v) is 4.49. The molecule has 0 radical (unpaired) electrons. The average molecular weight is 294 g/mol. The highest BCUT2D eigenvalue weighted by Gasteiger charge is 2.28. The highest BCUT2D eigenvalue weighted by molar-refractivity contribution is 7.98. The molecule has 4 nitrogen and oxygen atoms in total. The molecule has 1 N–H and O–H groups in total. The molecule has 1 aromatic rings. The van der Waals surface area contributed by atoms with E-state index in [2.05, 4.69) is 48.4 Å². The summed E-state index contributed by atoms with van der Waals surface area (Å²) < 4.78 is 0. The Kier molecular flexibility index (Phi) is 5.52. The molecule has 0 bridgehead atoms. The van der Waals surface area contributed by atoms with Crippen LogP contribution in [0.15, 0.2) is 6.07 Å². The van der Waals surface area contributed by atoms with Gasteiger partial charge in [0.15, 0.2) is 0 Å². The second-order valence-electron chi connectivity index (χ2n) is 5.40. The summed E-state index contributed by atoms with van der Waals surface area (Å²) in [4.78, 5) is 11.7. The van der Waals surface area contributed by atoms with Crippen LogP contribution in [0.4, 0.5) is 11.6 Å². The lowest BCUT2D eigenvalue weighted by Gasteiger charge is -2.28. The van der Waals surface area contributed by atoms with Gasteiger partial charge in [0.2, 0.25) is 0 Å². The predicted molar refractivity (Wildman–Crippen MR) is 89.0 cm³/mol. The number of anilines is 2. The van der Waals surface area contributed by atoms with E-state index in [1.807, 2.05) is 11.8 Å². The molecule has 0 spiro atoms. The standard InChI is InChI=1S/C15H26N4S/c1-5-12(10-20-4)19(3)14-9-13(16-6-2)17-15(18-14)11-7-8-11/h9,11-12H,5-8,10H2,1-4H3,(H,16,17,18). The predicted octanol–water partition coefficient (Wildman–Crippen LogP) is 3.36. The van der Waals surface area contributed by atoms with Crippen LogP contribution in [0.2, 0.25) is 0 Å². The van der Waals surface area contributed by atoms with Crippen molar-refractivity contribution in [2.45, 2.75) is 45.1 Å². The fourth-order valence-corrected chi connectivity index (χ4v) is 3.16. The van der Waals surface area contributed by atoms with E-state index in [1.54, 1.807) is 0 Å². The van der Waals surface area contributed by atoms with Gasteiger partial charge in [0.05, 0.1) is 0 Å². The van der Waals surface area contributed by atoms with Crippen LogP contribution in [-0.2, 0) is 0 Å². The minimum absolute atomic E-state index is 0.529. The number of hydrogen-bond donors (Lipinski definition) is 1. The molecule has 1 aliphatic rings. The molecule has 0 saturated heterocycles. The lowest BCUT2D eigenvalue weighted by Crippen LogP contribution is -2.34. The zero-order chi connectivity index (χ0) is 14.5. The normalized spacial score (nSPS) is 16.0. The Morgan fingerprint density at radius 1 is 1.40 bits per heavy atom. The molecule has 0 aromatic carbocycles. The summed E-state index contributed by atoms with van der Waals surface area (Å²) in [6.45, 7) is 5.24. The molecule has 1 aliphatic carbocycles.